The van der Waals surface area contributed by atoms with Crippen LogP contribution in [0.2, 0.25) is 0 Å². The van der Waals surface area contributed by atoms with Gasteiger partial charge in [-0.2, -0.15) is 13.2 Å². The van der Waals surface area contributed by atoms with E-state index in [4.69, 9.17) is 4.74 Å². The van der Waals surface area contributed by atoms with E-state index in [0.717, 1.165) is 17.7 Å². The number of amides is 1. The summed E-state index contributed by atoms with van der Waals surface area (Å²) in [7, 11) is 1.57. The maximum atomic E-state index is 12.4. The van der Waals surface area contributed by atoms with Gasteiger partial charge in [-0.25, -0.2) is 0 Å². The molecule has 0 aliphatic heterocycles. The summed E-state index contributed by atoms with van der Waals surface area (Å²) in [6.45, 7) is 0.948. The van der Waals surface area contributed by atoms with E-state index < -0.39 is 11.7 Å². The van der Waals surface area contributed by atoms with Gasteiger partial charge in [-0.05, 0) is 30.5 Å². The number of hydrogen-bond donors (Lipinski definition) is 1. The van der Waals surface area contributed by atoms with Crippen LogP contribution in [-0.2, 0) is 22.1 Å². The van der Waals surface area contributed by atoms with Crippen molar-refractivity contribution in [3.8, 4) is 0 Å². The number of hydrogen-bond acceptors (Lipinski definition) is 2. The number of rotatable bonds is 7. The quantitative estimate of drug-likeness (QED) is 0.784. The zero-order valence-corrected chi connectivity index (χ0v) is 11.3. The third-order valence-corrected chi connectivity index (χ3v) is 2.77. The van der Waals surface area contributed by atoms with Crippen LogP contribution in [0.4, 0.5) is 13.2 Å². The SMILES string of the molecule is COCCCC(=O)NCCc1ccc(C(F)(F)F)cc1. The first-order valence-corrected chi connectivity index (χ1v) is 6.35. The third kappa shape index (κ3) is 6.06. The van der Waals surface area contributed by atoms with Gasteiger partial charge >= 0.3 is 6.18 Å². The van der Waals surface area contributed by atoms with Crippen LogP contribution in [-0.4, -0.2) is 26.2 Å². The Balaban J connectivity index is 2.30. The molecule has 112 valence electrons. The van der Waals surface area contributed by atoms with Crippen molar-refractivity contribution in [2.75, 3.05) is 20.3 Å². The lowest BCUT2D eigenvalue weighted by Crippen LogP contribution is -2.25. The van der Waals surface area contributed by atoms with E-state index in [0.29, 0.717) is 32.4 Å². The van der Waals surface area contributed by atoms with Crippen LogP contribution in [0.15, 0.2) is 24.3 Å². The highest BCUT2D eigenvalue weighted by Crippen LogP contribution is 2.29. The average molecular weight is 289 g/mol. The van der Waals surface area contributed by atoms with Crippen molar-refractivity contribution < 1.29 is 22.7 Å². The fourth-order valence-corrected chi connectivity index (χ4v) is 1.67. The minimum absolute atomic E-state index is 0.0750. The smallest absolute Gasteiger partial charge is 0.385 e. The summed E-state index contributed by atoms with van der Waals surface area (Å²) < 4.78 is 41.9. The zero-order valence-electron chi connectivity index (χ0n) is 11.3. The molecule has 20 heavy (non-hydrogen) atoms. The van der Waals surface area contributed by atoms with Gasteiger partial charge in [0, 0.05) is 26.7 Å². The van der Waals surface area contributed by atoms with Gasteiger partial charge in [0.15, 0.2) is 0 Å². The van der Waals surface area contributed by atoms with Gasteiger partial charge in [0.25, 0.3) is 0 Å². The molecule has 0 unspecified atom stereocenters. The lowest BCUT2D eigenvalue weighted by molar-refractivity contribution is -0.137. The maximum absolute atomic E-state index is 12.4. The fourth-order valence-electron chi connectivity index (χ4n) is 1.67. The molecule has 0 aliphatic carbocycles. The minimum atomic E-state index is -4.31. The first kappa shape index (κ1) is 16.5. The van der Waals surface area contributed by atoms with E-state index in [-0.39, 0.29) is 5.91 Å². The minimum Gasteiger partial charge on any atom is -0.385 e. The van der Waals surface area contributed by atoms with Crippen molar-refractivity contribution >= 4 is 5.91 Å². The standard InChI is InChI=1S/C14H18F3NO2/c1-20-10-2-3-13(19)18-9-8-11-4-6-12(7-5-11)14(15,16)17/h4-7H,2-3,8-10H2,1H3,(H,18,19). The Kier molecular flexibility index (Phi) is 6.51. The molecule has 1 aromatic carbocycles. The maximum Gasteiger partial charge on any atom is 0.416 e. The van der Waals surface area contributed by atoms with E-state index in [1.807, 2.05) is 0 Å². The van der Waals surface area contributed by atoms with Gasteiger partial charge in [0.2, 0.25) is 5.91 Å². The highest BCUT2D eigenvalue weighted by molar-refractivity contribution is 5.75. The Morgan fingerprint density at radius 2 is 1.90 bits per heavy atom. The molecule has 0 aliphatic rings. The topological polar surface area (TPSA) is 38.3 Å². The number of benzene rings is 1. The van der Waals surface area contributed by atoms with Crippen molar-refractivity contribution in [1.82, 2.24) is 5.32 Å². The van der Waals surface area contributed by atoms with Crippen LogP contribution in [0.5, 0.6) is 0 Å². The van der Waals surface area contributed by atoms with Crippen molar-refractivity contribution in [1.29, 1.82) is 0 Å². The molecular formula is C14H18F3NO2. The molecule has 0 spiro atoms. The highest BCUT2D eigenvalue weighted by atomic mass is 19.4. The molecule has 3 nitrogen and oxygen atoms in total. The van der Waals surface area contributed by atoms with Crippen LogP contribution >= 0.6 is 0 Å². The molecule has 1 aromatic rings. The van der Waals surface area contributed by atoms with E-state index >= 15 is 0 Å². The summed E-state index contributed by atoms with van der Waals surface area (Å²) in [4.78, 5) is 11.4. The Morgan fingerprint density at radius 3 is 2.45 bits per heavy atom. The second kappa shape index (κ2) is 7.89. The van der Waals surface area contributed by atoms with Crippen molar-refractivity contribution in [2.24, 2.45) is 0 Å². The molecule has 1 amide bonds. The molecule has 1 rings (SSSR count). The van der Waals surface area contributed by atoms with Crippen LogP contribution in [0.3, 0.4) is 0 Å². The van der Waals surface area contributed by atoms with Gasteiger partial charge in [-0.15, -0.1) is 0 Å². The summed E-state index contributed by atoms with van der Waals surface area (Å²) in [5.74, 6) is -0.0750. The van der Waals surface area contributed by atoms with Gasteiger partial charge in [0.1, 0.15) is 0 Å². The van der Waals surface area contributed by atoms with E-state index in [1.54, 1.807) is 7.11 Å². The molecule has 6 heteroatoms. The van der Waals surface area contributed by atoms with E-state index in [9.17, 15) is 18.0 Å². The van der Waals surface area contributed by atoms with E-state index in [2.05, 4.69) is 5.32 Å². The Labute approximate surface area is 116 Å². The third-order valence-electron chi connectivity index (χ3n) is 2.77. The second-order valence-electron chi connectivity index (χ2n) is 4.39. The summed E-state index contributed by atoms with van der Waals surface area (Å²) in [6.07, 6.45) is -2.76. The van der Waals surface area contributed by atoms with Gasteiger partial charge in [-0.1, -0.05) is 12.1 Å². The Bertz CT molecular complexity index is 415. The lowest BCUT2D eigenvalue weighted by atomic mass is 10.1. The monoisotopic (exact) mass is 289 g/mol. The highest BCUT2D eigenvalue weighted by Gasteiger charge is 2.29. The molecule has 0 heterocycles. The van der Waals surface area contributed by atoms with Crippen LogP contribution in [0.1, 0.15) is 24.0 Å². The zero-order chi connectivity index (χ0) is 15.0. The lowest BCUT2D eigenvalue weighted by Gasteiger charge is -2.08. The summed E-state index contributed by atoms with van der Waals surface area (Å²) in [5.41, 5.74) is 0.0973. The molecule has 0 saturated carbocycles. The number of alkyl halides is 3. The number of methoxy groups -OCH3 is 1. The largest absolute Gasteiger partial charge is 0.416 e. The van der Waals surface area contributed by atoms with Crippen molar-refractivity contribution in [2.45, 2.75) is 25.4 Å². The summed E-state index contributed by atoms with van der Waals surface area (Å²) in [5, 5.41) is 2.72. The van der Waals surface area contributed by atoms with Crippen LogP contribution in [0.25, 0.3) is 0 Å². The Morgan fingerprint density at radius 1 is 1.25 bits per heavy atom. The molecule has 0 bridgehead atoms. The van der Waals surface area contributed by atoms with Crippen molar-refractivity contribution in [3.05, 3.63) is 35.4 Å². The average Bonchev–Trinajstić information content (AvgIpc) is 2.38. The molecular weight excluding hydrogens is 271 g/mol. The second-order valence-corrected chi connectivity index (χ2v) is 4.39. The molecule has 0 radical (unpaired) electrons. The molecule has 0 aromatic heterocycles. The normalized spacial score (nSPS) is 11.4. The molecule has 0 atom stereocenters. The Hall–Kier alpha value is -1.56. The number of carbonyl (C=O) groups excluding carboxylic acids is 1. The molecule has 0 fully saturated rings. The first-order chi connectivity index (χ1) is 9.43. The summed E-state index contributed by atoms with van der Waals surface area (Å²) in [6, 6.07) is 4.96. The van der Waals surface area contributed by atoms with Crippen LogP contribution in [0, 0.1) is 0 Å². The van der Waals surface area contributed by atoms with Crippen LogP contribution < -0.4 is 5.32 Å². The predicted molar refractivity (Wildman–Crippen MR) is 69.3 cm³/mol. The number of carbonyl (C=O) groups is 1. The summed E-state index contributed by atoms with van der Waals surface area (Å²) >= 11 is 0. The number of nitrogens with one attached hydrogen (secondary N) is 1. The van der Waals surface area contributed by atoms with E-state index in [1.165, 1.54) is 12.1 Å². The van der Waals surface area contributed by atoms with Gasteiger partial charge in [0.05, 0.1) is 5.56 Å². The molecule has 1 N–H and O–H groups in total. The predicted octanol–water partition coefficient (Wildman–Crippen LogP) is 2.79. The van der Waals surface area contributed by atoms with Crippen molar-refractivity contribution in [3.63, 3.8) is 0 Å². The van der Waals surface area contributed by atoms with Gasteiger partial charge < -0.3 is 10.1 Å². The number of ether oxygens (including phenoxy) is 1. The van der Waals surface area contributed by atoms with Gasteiger partial charge in [-0.3, -0.25) is 4.79 Å². The fraction of sp³-hybridized carbons (Fsp3) is 0.500. The first-order valence-electron chi connectivity index (χ1n) is 6.35. The number of halogens is 3. The molecule has 0 saturated heterocycles.